The molecule has 1 heteroatoms. The Hall–Kier alpha value is -0.720. The van der Waals surface area contributed by atoms with Crippen molar-refractivity contribution in [1.82, 2.24) is 5.32 Å². The van der Waals surface area contributed by atoms with Gasteiger partial charge in [0.2, 0.25) is 0 Å². The highest BCUT2D eigenvalue weighted by Gasteiger charge is 1.92. The van der Waals surface area contributed by atoms with E-state index in [9.17, 15) is 0 Å². The zero-order chi connectivity index (χ0) is 21.1. The second kappa shape index (κ2) is 27.3. The zero-order valence-corrected chi connectivity index (χ0v) is 20.4. The van der Waals surface area contributed by atoms with E-state index in [1.165, 1.54) is 135 Å². The van der Waals surface area contributed by atoms with Crippen molar-refractivity contribution < 1.29 is 0 Å². The summed E-state index contributed by atoms with van der Waals surface area (Å²) < 4.78 is 0. The van der Waals surface area contributed by atoms with Crippen LogP contribution in [-0.2, 0) is 0 Å². The van der Waals surface area contributed by atoms with Gasteiger partial charge in [-0.05, 0) is 44.7 Å². The highest BCUT2D eigenvalue weighted by atomic mass is 14.8. The van der Waals surface area contributed by atoms with Crippen molar-refractivity contribution >= 4 is 0 Å². The quantitative estimate of drug-likeness (QED) is 0.124. The maximum Gasteiger partial charge on any atom is 0.0141 e. The molecule has 1 N–H and O–H groups in total. The fourth-order valence-corrected chi connectivity index (χ4v) is 3.75. The maximum atomic E-state index is 3.47. The van der Waals surface area contributed by atoms with Crippen LogP contribution in [0, 0.1) is 0 Å². The molecule has 0 rings (SSSR count). The molecule has 0 fully saturated rings. The van der Waals surface area contributed by atoms with Gasteiger partial charge in [-0.3, -0.25) is 0 Å². The number of nitrogens with one attached hydrogen (secondary N) is 1. The molecule has 0 bridgehead atoms. The summed E-state index contributed by atoms with van der Waals surface area (Å²) in [4.78, 5) is 0. The number of unbranched alkanes of at least 4 members (excludes halogenated alkanes) is 18. The van der Waals surface area contributed by atoms with E-state index in [0.29, 0.717) is 0 Å². The molecule has 0 aromatic carbocycles. The minimum Gasteiger partial charge on any atom is -0.391 e. The Kier molecular flexibility index (Phi) is 26.6. The summed E-state index contributed by atoms with van der Waals surface area (Å²) in [7, 11) is 0. The summed E-state index contributed by atoms with van der Waals surface area (Å²) in [5, 5.41) is 3.47. The van der Waals surface area contributed by atoms with Crippen LogP contribution in [-0.4, -0.2) is 6.54 Å². The van der Waals surface area contributed by atoms with Crippen LogP contribution in [0.1, 0.15) is 149 Å². The molecule has 0 heterocycles. The molecular weight excluding hydrogens is 350 g/mol. The molecule has 0 atom stereocenters. The average molecular weight is 406 g/mol. The first kappa shape index (κ1) is 28.3. The van der Waals surface area contributed by atoms with E-state index in [4.69, 9.17) is 0 Å². The Morgan fingerprint density at radius 2 is 0.828 bits per heavy atom. The molecule has 172 valence electrons. The number of allylic oxidation sites excluding steroid dienone is 3. The van der Waals surface area contributed by atoms with Gasteiger partial charge in [0.05, 0.1) is 0 Å². The van der Waals surface area contributed by atoms with Crippen LogP contribution < -0.4 is 5.32 Å². The van der Waals surface area contributed by atoms with Gasteiger partial charge in [-0.15, -0.1) is 0 Å². The monoisotopic (exact) mass is 405 g/mol. The Labute approximate surface area is 185 Å². The first-order valence-electron chi connectivity index (χ1n) is 13.4. The van der Waals surface area contributed by atoms with Gasteiger partial charge in [0, 0.05) is 6.54 Å². The second-order valence-electron chi connectivity index (χ2n) is 8.85. The third kappa shape index (κ3) is 27.3. The number of rotatable bonds is 24. The van der Waals surface area contributed by atoms with Gasteiger partial charge in [0.1, 0.15) is 0 Å². The van der Waals surface area contributed by atoms with Crippen LogP contribution in [0.15, 0.2) is 24.4 Å². The molecule has 0 aliphatic heterocycles. The third-order valence-electron chi connectivity index (χ3n) is 5.79. The molecule has 0 unspecified atom stereocenters. The van der Waals surface area contributed by atoms with Crippen LogP contribution >= 0.6 is 0 Å². The predicted molar refractivity (Wildman–Crippen MR) is 135 cm³/mol. The maximum absolute atomic E-state index is 3.47. The normalized spacial score (nSPS) is 11.8. The highest BCUT2D eigenvalue weighted by molar-refractivity contribution is 4.81. The van der Waals surface area contributed by atoms with Gasteiger partial charge in [-0.25, -0.2) is 0 Å². The van der Waals surface area contributed by atoms with Crippen molar-refractivity contribution in [3.05, 3.63) is 24.4 Å². The molecular formula is C28H55N. The summed E-state index contributed by atoms with van der Waals surface area (Å²) in [6.45, 7) is 5.70. The number of hydrogen-bond donors (Lipinski definition) is 1. The molecule has 0 amide bonds. The summed E-state index contributed by atoms with van der Waals surface area (Å²) in [5.74, 6) is 0. The van der Waals surface area contributed by atoms with E-state index in [1.54, 1.807) is 0 Å². The van der Waals surface area contributed by atoms with Crippen LogP contribution in [0.2, 0.25) is 0 Å². The lowest BCUT2D eigenvalue weighted by atomic mass is 10.1. The lowest BCUT2D eigenvalue weighted by molar-refractivity contribution is 0.557. The van der Waals surface area contributed by atoms with Crippen molar-refractivity contribution in [1.29, 1.82) is 0 Å². The highest BCUT2D eigenvalue weighted by Crippen LogP contribution is 2.11. The van der Waals surface area contributed by atoms with Gasteiger partial charge in [-0.2, -0.15) is 0 Å². The standard InChI is InChI=1S/C28H55N/c1-3-5-7-9-11-13-15-17-19-21-23-25-27-29-28-26-24-22-20-18-16-14-12-10-8-6-4-2/h9,11,26,28-29H,3-8,10,12-25,27H2,1-2H3/b11-9-,28-26?. The van der Waals surface area contributed by atoms with Crippen molar-refractivity contribution in [2.24, 2.45) is 0 Å². The summed E-state index contributed by atoms with van der Waals surface area (Å²) in [6.07, 6.45) is 38.3. The zero-order valence-electron chi connectivity index (χ0n) is 20.4. The van der Waals surface area contributed by atoms with Crippen molar-refractivity contribution in [2.75, 3.05) is 6.54 Å². The molecule has 1 nitrogen and oxygen atoms in total. The van der Waals surface area contributed by atoms with Gasteiger partial charge < -0.3 is 5.32 Å². The fourth-order valence-electron chi connectivity index (χ4n) is 3.75. The van der Waals surface area contributed by atoms with Gasteiger partial charge in [0.25, 0.3) is 0 Å². The predicted octanol–water partition coefficient (Wildman–Crippen LogP) is 9.88. The molecule has 29 heavy (non-hydrogen) atoms. The Morgan fingerprint density at radius 1 is 0.414 bits per heavy atom. The SMILES string of the molecule is CCCC/C=C\CCCCCCCCNC=CCCCCCCCCCCCC. The number of hydrogen-bond acceptors (Lipinski definition) is 1. The Balaban J connectivity index is 3.09. The third-order valence-corrected chi connectivity index (χ3v) is 5.79. The molecule has 0 spiro atoms. The first-order valence-corrected chi connectivity index (χ1v) is 13.4. The van der Waals surface area contributed by atoms with Crippen molar-refractivity contribution in [2.45, 2.75) is 149 Å². The molecule has 0 aromatic heterocycles. The van der Waals surface area contributed by atoms with E-state index >= 15 is 0 Å². The van der Waals surface area contributed by atoms with E-state index in [-0.39, 0.29) is 0 Å². The van der Waals surface area contributed by atoms with Crippen LogP contribution in [0.5, 0.6) is 0 Å². The van der Waals surface area contributed by atoms with E-state index < -0.39 is 0 Å². The van der Waals surface area contributed by atoms with Crippen LogP contribution in [0.3, 0.4) is 0 Å². The van der Waals surface area contributed by atoms with Crippen LogP contribution in [0.4, 0.5) is 0 Å². The second-order valence-corrected chi connectivity index (χ2v) is 8.85. The van der Waals surface area contributed by atoms with Gasteiger partial charge in [0.15, 0.2) is 0 Å². The largest absolute Gasteiger partial charge is 0.391 e. The van der Waals surface area contributed by atoms with Gasteiger partial charge in [-0.1, -0.05) is 128 Å². The van der Waals surface area contributed by atoms with Crippen molar-refractivity contribution in [3.8, 4) is 0 Å². The average Bonchev–Trinajstić information content (AvgIpc) is 2.74. The lowest BCUT2D eigenvalue weighted by Gasteiger charge is -2.02. The Bertz CT molecular complexity index is 331. The minimum absolute atomic E-state index is 1.15. The van der Waals surface area contributed by atoms with E-state index in [1.807, 2.05) is 0 Å². The first-order chi connectivity index (χ1) is 14.4. The van der Waals surface area contributed by atoms with Gasteiger partial charge >= 0.3 is 0 Å². The lowest BCUT2D eigenvalue weighted by Crippen LogP contribution is -2.06. The summed E-state index contributed by atoms with van der Waals surface area (Å²) in [5.41, 5.74) is 0. The van der Waals surface area contributed by atoms with Crippen LogP contribution in [0.25, 0.3) is 0 Å². The molecule has 0 radical (unpaired) electrons. The fraction of sp³-hybridized carbons (Fsp3) is 0.857. The minimum atomic E-state index is 1.15. The van der Waals surface area contributed by atoms with E-state index in [0.717, 1.165) is 6.54 Å². The molecule has 0 saturated heterocycles. The molecule has 0 aliphatic carbocycles. The molecule has 0 saturated carbocycles. The topological polar surface area (TPSA) is 12.0 Å². The molecule has 0 aromatic rings. The Morgan fingerprint density at radius 3 is 1.38 bits per heavy atom. The summed E-state index contributed by atoms with van der Waals surface area (Å²) in [6, 6.07) is 0. The molecule has 0 aliphatic rings. The smallest absolute Gasteiger partial charge is 0.0141 e. The summed E-state index contributed by atoms with van der Waals surface area (Å²) >= 11 is 0. The van der Waals surface area contributed by atoms with Crippen molar-refractivity contribution in [3.63, 3.8) is 0 Å². The van der Waals surface area contributed by atoms with E-state index in [2.05, 4.69) is 43.6 Å².